The summed E-state index contributed by atoms with van der Waals surface area (Å²) in [6.45, 7) is 11.4. The van der Waals surface area contributed by atoms with E-state index in [0.29, 0.717) is 6.42 Å². The monoisotopic (exact) mass is 366 g/mol. The van der Waals surface area contributed by atoms with Crippen molar-refractivity contribution in [3.05, 3.63) is 25.3 Å². The van der Waals surface area contributed by atoms with Gasteiger partial charge >= 0.3 is 11.9 Å². The van der Waals surface area contributed by atoms with E-state index in [-0.39, 0.29) is 19.6 Å². The molecule has 0 spiro atoms. The Morgan fingerprint density at radius 1 is 0.769 bits per heavy atom. The van der Waals surface area contributed by atoms with Crippen molar-refractivity contribution in [3.63, 3.8) is 0 Å². The van der Waals surface area contributed by atoms with Gasteiger partial charge in [-0.05, 0) is 39.5 Å². The summed E-state index contributed by atoms with van der Waals surface area (Å²) in [6, 6.07) is 0. The third-order valence-electron chi connectivity index (χ3n) is 4.59. The van der Waals surface area contributed by atoms with Crippen LogP contribution in [0.25, 0.3) is 0 Å². The Hall–Kier alpha value is -1.58. The molecule has 0 bridgehead atoms. The van der Waals surface area contributed by atoms with Gasteiger partial charge in [-0.3, -0.25) is 9.59 Å². The Morgan fingerprint density at radius 2 is 1.23 bits per heavy atom. The number of unbranched alkanes of at least 4 members (excludes halogenated alkanes) is 8. The van der Waals surface area contributed by atoms with Crippen LogP contribution in [0, 0.1) is 5.41 Å². The molecular weight excluding hydrogens is 328 g/mol. The smallest absolute Gasteiger partial charge is 0.323 e. The van der Waals surface area contributed by atoms with E-state index in [0.717, 1.165) is 25.7 Å². The molecule has 26 heavy (non-hydrogen) atoms. The zero-order valence-corrected chi connectivity index (χ0v) is 16.9. The van der Waals surface area contributed by atoms with Crippen LogP contribution < -0.4 is 0 Å². The number of ether oxygens (including phenoxy) is 2. The predicted octanol–water partition coefficient (Wildman–Crippen LogP) is 5.76. The van der Waals surface area contributed by atoms with Crippen LogP contribution in [0.3, 0.4) is 0 Å². The topological polar surface area (TPSA) is 52.6 Å². The van der Waals surface area contributed by atoms with Crippen LogP contribution >= 0.6 is 0 Å². The number of hydrogen-bond acceptors (Lipinski definition) is 4. The highest BCUT2D eigenvalue weighted by Gasteiger charge is 2.47. The lowest BCUT2D eigenvalue weighted by Gasteiger charge is -2.28. The number of carbonyl (C=O) groups excluding carboxylic acids is 2. The van der Waals surface area contributed by atoms with Crippen LogP contribution in [0.5, 0.6) is 0 Å². The Kier molecular flexibility index (Phi) is 14.7. The Bertz CT molecular complexity index is 396. The van der Waals surface area contributed by atoms with Crippen molar-refractivity contribution in [1.29, 1.82) is 0 Å². The largest absolute Gasteiger partial charge is 0.465 e. The zero-order valence-electron chi connectivity index (χ0n) is 16.9. The number of esters is 2. The first kappa shape index (κ1) is 24.4. The second-order valence-electron chi connectivity index (χ2n) is 6.67. The number of hydrogen-bond donors (Lipinski definition) is 0. The zero-order chi connectivity index (χ0) is 19.7. The first-order valence-electron chi connectivity index (χ1n) is 10.1. The maximum Gasteiger partial charge on any atom is 0.323 e. The minimum Gasteiger partial charge on any atom is -0.465 e. The maximum absolute atomic E-state index is 12.5. The number of carbonyl (C=O) groups is 2. The summed E-state index contributed by atoms with van der Waals surface area (Å²) in [5, 5.41) is 0. The molecule has 0 aromatic carbocycles. The maximum atomic E-state index is 12.5. The van der Waals surface area contributed by atoms with E-state index in [1.807, 2.05) is 6.08 Å². The van der Waals surface area contributed by atoms with Crippen LogP contribution in [0.4, 0.5) is 0 Å². The van der Waals surface area contributed by atoms with E-state index in [1.165, 1.54) is 32.1 Å². The molecule has 150 valence electrons. The number of allylic oxidation sites excluding steroid dienone is 2. The standard InChI is InChI=1S/C22H38O4/c1-5-9-10-11-12-13-14-15-16-17-19-22(18-6-2,20(23)25-7-3)21(24)26-8-4/h5-6H,1-2,7-19H2,3-4H3. The van der Waals surface area contributed by atoms with E-state index >= 15 is 0 Å². The van der Waals surface area contributed by atoms with E-state index < -0.39 is 17.4 Å². The van der Waals surface area contributed by atoms with Gasteiger partial charge in [-0.25, -0.2) is 0 Å². The molecule has 0 N–H and O–H groups in total. The highest BCUT2D eigenvalue weighted by Crippen LogP contribution is 2.33. The second-order valence-corrected chi connectivity index (χ2v) is 6.67. The molecule has 0 heterocycles. The van der Waals surface area contributed by atoms with Gasteiger partial charge in [0, 0.05) is 0 Å². The highest BCUT2D eigenvalue weighted by molar-refractivity contribution is 6.00. The number of rotatable bonds is 17. The molecule has 0 aliphatic rings. The Morgan fingerprint density at radius 3 is 1.65 bits per heavy atom. The first-order chi connectivity index (χ1) is 12.6. The average Bonchev–Trinajstić information content (AvgIpc) is 2.62. The second kappa shape index (κ2) is 15.7. The molecule has 0 rings (SSSR count). The van der Waals surface area contributed by atoms with Gasteiger partial charge in [-0.15, -0.1) is 13.2 Å². The van der Waals surface area contributed by atoms with Crippen molar-refractivity contribution in [2.45, 2.75) is 84.5 Å². The normalized spacial score (nSPS) is 11.0. The third-order valence-corrected chi connectivity index (χ3v) is 4.59. The minimum absolute atomic E-state index is 0.253. The lowest BCUT2D eigenvalue weighted by Crippen LogP contribution is -2.42. The molecule has 0 saturated heterocycles. The Balaban J connectivity index is 4.41. The molecule has 0 radical (unpaired) electrons. The summed E-state index contributed by atoms with van der Waals surface area (Å²) in [5.74, 6) is -0.971. The van der Waals surface area contributed by atoms with E-state index in [9.17, 15) is 9.59 Å². The van der Waals surface area contributed by atoms with Gasteiger partial charge < -0.3 is 9.47 Å². The van der Waals surface area contributed by atoms with Gasteiger partial charge in [0.15, 0.2) is 5.41 Å². The molecule has 0 aliphatic carbocycles. The van der Waals surface area contributed by atoms with E-state index in [1.54, 1.807) is 19.9 Å². The molecule has 0 atom stereocenters. The van der Waals surface area contributed by atoms with Crippen LogP contribution in [0.2, 0.25) is 0 Å². The Labute approximate surface area is 160 Å². The quantitative estimate of drug-likeness (QED) is 0.142. The molecule has 0 unspecified atom stereocenters. The third kappa shape index (κ3) is 9.21. The van der Waals surface area contributed by atoms with Gasteiger partial charge in [0.25, 0.3) is 0 Å². The van der Waals surface area contributed by atoms with Gasteiger partial charge in [-0.1, -0.05) is 57.1 Å². The molecule has 4 heteroatoms. The predicted molar refractivity (Wildman–Crippen MR) is 107 cm³/mol. The summed E-state index contributed by atoms with van der Waals surface area (Å²) >= 11 is 0. The molecule has 0 aromatic heterocycles. The summed E-state index contributed by atoms with van der Waals surface area (Å²) in [6.07, 6.45) is 14.5. The van der Waals surface area contributed by atoms with Gasteiger partial charge in [0.2, 0.25) is 0 Å². The molecule has 0 aromatic rings. The van der Waals surface area contributed by atoms with Gasteiger partial charge in [0.05, 0.1) is 13.2 Å². The van der Waals surface area contributed by atoms with Crippen molar-refractivity contribution in [1.82, 2.24) is 0 Å². The van der Waals surface area contributed by atoms with Crippen molar-refractivity contribution >= 4 is 11.9 Å². The van der Waals surface area contributed by atoms with Crippen LogP contribution in [-0.2, 0) is 19.1 Å². The van der Waals surface area contributed by atoms with E-state index in [2.05, 4.69) is 13.2 Å². The van der Waals surface area contributed by atoms with Crippen LogP contribution in [0.1, 0.15) is 84.5 Å². The molecular formula is C22H38O4. The van der Waals surface area contributed by atoms with Crippen molar-refractivity contribution in [2.24, 2.45) is 5.41 Å². The lowest BCUT2D eigenvalue weighted by molar-refractivity contribution is -0.172. The average molecular weight is 367 g/mol. The van der Waals surface area contributed by atoms with Crippen LogP contribution in [-0.4, -0.2) is 25.2 Å². The molecule has 0 saturated carbocycles. The summed E-state index contributed by atoms with van der Waals surface area (Å²) < 4.78 is 10.4. The van der Waals surface area contributed by atoms with Gasteiger partial charge in [-0.2, -0.15) is 0 Å². The summed E-state index contributed by atoms with van der Waals surface area (Å²) in [5.41, 5.74) is -1.24. The molecule has 0 amide bonds. The molecule has 4 nitrogen and oxygen atoms in total. The fraction of sp³-hybridized carbons (Fsp3) is 0.727. The molecule has 0 aliphatic heterocycles. The summed E-state index contributed by atoms with van der Waals surface area (Å²) in [7, 11) is 0. The van der Waals surface area contributed by atoms with Crippen molar-refractivity contribution in [3.8, 4) is 0 Å². The SMILES string of the molecule is C=CCCCCCCCCCCC(CC=C)(C(=O)OCC)C(=O)OCC. The fourth-order valence-corrected chi connectivity index (χ4v) is 3.12. The van der Waals surface area contributed by atoms with Crippen molar-refractivity contribution < 1.29 is 19.1 Å². The fourth-order valence-electron chi connectivity index (χ4n) is 3.12. The highest BCUT2D eigenvalue weighted by atomic mass is 16.6. The summed E-state index contributed by atoms with van der Waals surface area (Å²) in [4.78, 5) is 25.0. The van der Waals surface area contributed by atoms with Crippen molar-refractivity contribution in [2.75, 3.05) is 13.2 Å². The van der Waals surface area contributed by atoms with Gasteiger partial charge in [0.1, 0.15) is 0 Å². The lowest BCUT2D eigenvalue weighted by atomic mass is 9.79. The minimum atomic E-state index is -1.24. The van der Waals surface area contributed by atoms with Crippen LogP contribution in [0.15, 0.2) is 25.3 Å². The van der Waals surface area contributed by atoms with E-state index in [4.69, 9.17) is 9.47 Å². The molecule has 0 fully saturated rings. The first-order valence-corrected chi connectivity index (χ1v) is 10.1.